The summed E-state index contributed by atoms with van der Waals surface area (Å²) in [6.07, 6.45) is 5.38. The Morgan fingerprint density at radius 1 is 1.05 bits per heavy atom. The first-order valence-corrected chi connectivity index (χ1v) is 7.25. The van der Waals surface area contributed by atoms with E-state index in [1.54, 1.807) is 0 Å². The van der Waals surface area contributed by atoms with Crippen LogP contribution in [-0.2, 0) is 6.54 Å². The topological polar surface area (TPSA) is 29.3 Å². The second-order valence-electron chi connectivity index (χ2n) is 5.54. The van der Waals surface area contributed by atoms with Crippen LogP contribution in [0.2, 0.25) is 0 Å². The fourth-order valence-corrected chi connectivity index (χ4v) is 3.32. The van der Waals surface area contributed by atoms with E-state index in [1.807, 2.05) is 0 Å². The number of rotatable bonds is 3. The number of benzene rings is 2. The molecule has 0 spiro atoms. The van der Waals surface area contributed by atoms with Crippen LogP contribution in [0.25, 0.3) is 10.8 Å². The van der Waals surface area contributed by atoms with Gasteiger partial charge in [-0.15, -0.1) is 0 Å². The third-order valence-electron chi connectivity index (χ3n) is 4.46. The molecule has 19 heavy (non-hydrogen) atoms. The van der Waals surface area contributed by atoms with Gasteiger partial charge in [-0.05, 0) is 29.9 Å². The van der Waals surface area contributed by atoms with Crippen LogP contribution in [0.4, 0.5) is 5.69 Å². The molecular weight excluding hydrogens is 232 g/mol. The second-order valence-corrected chi connectivity index (χ2v) is 5.54. The van der Waals surface area contributed by atoms with Crippen LogP contribution in [0.1, 0.15) is 31.2 Å². The molecule has 100 valence electrons. The van der Waals surface area contributed by atoms with Gasteiger partial charge in [-0.1, -0.05) is 43.2 Å². The zero-order chi connectivity index (χ0) is 13.2. The highest BCUT2D eigenvalue weighted by atomic mass is 15.1. The van der Waals surface area contributed by atoms with E-state index in [9.17, 15) is 0 Å². The molecule has 0 aromatic heterocycles. The third kappa shape index (κ3) is 2.21. The number of hydrogen-bond acceptors (Lipinski definition) is 2. The average Bonchev–Trinajstić information content (AvgIpc) is 2.99. The minimum Gasteiger partial charge on any atom is -0.371 e. The summed E-state index contributed by atoms with van der Waals surface area (Å²) in [7, 11) is 2.24. The Morgan fingerprint density at radius 2 is 1.74 bits per heavy atom. The standard InChI is InChI=1S/C17H22N2/c1-19(14-6-2-3-7-14)17-11-10-13(12-18)15-8-4-5-9-16(15)17/h4-5,8-11,14H,2-3,6-7,12,18H2,1H3. The highest BCUT2D eigenvalue weighted by Gasteiger charge is 2.21. The quantitative estimate of drug-likeness (QED) is 0.905. The summed E-state index contributed by atoms with van der Waals surface area (Å²) in [5, 5.41) is 2.63. The summed E-state index contributed by atoms with van der Waals surface area (Å²) in [5.74, 6) is 0. The van der Waals surface area contributed by atoms with Gasteiger partial charge >= 0.3 is 0 Å². The Hall–Kier alpha value is -1.54. The minimum atomic E-state index is 0.605. The average molecular weight is 254 g/mol. The molecule has 2 heteroatoms. The molecule has 0 amide bonds. The number of fused-ring (bicyclic) bond motifs is 1. The highest BCUT2D eigenvalue weighted by Crippen LogP contribution is 2.33. The summed E-state index contributed by atoms with van der Waals surface area (Å²) in [6, 6.07) is 13.7. The van der Waals surface area contributed by atoms with E-state index in [-0.39, 0.29) is 0 Å². The summed E-state index contributed by atoms with van der Waals surface area (Å²) >= 11 is 0. The predicted octanol–water partition coefficient (Wildman–Crippen LogP) is 3.68. The third-order valence-corrected chi connectivity index (χ3v) is 4.46. The molecule has 0 saturated heterocycles. The maximum atomic E-state index is 5.85. The Labute approximate surface area is 115 Å². The van der Waals surface area contributed by atoms with Crippen molar-refractivity contribution in [1.82, 2.24) is 0 Å². The molecule has 0 bridgehead atoms. The molecule has 0 atom stereocenters. The molecule has 2 aromatic carbocycles. The van der Waals surface area contributed by atoms with Crippen molar-refractivity contribution >= 4 is 16.5 Å². The molecule has 0 radical (unpaired) electrons. The maximum absolute atomic E-state index is 5.85. The van der Waals surface area contributed by atoms with Gasteiger partial charge < -0.3 is 10.6 Å². The second kappa shape index (κ2) is 5.22. The van der Waals surface area contributed by atoms with Crippen LogP contribution in [-0.4, -0.2) is 13.1 Å². The van der Waals surface area contributed by atoms with Crippen molar-refractivity contribution < 1.29 is 0 Å². The van der Waals surface area contributed by atoms with Crippen molar-refractivity contribution in [3.63, 3.8) is 0 Å². The first-order chi connectivity index (χ1) is 9.31. The van der Waals surface area contributed by atoms with Crippen molar-refractivity contribution in [2.75, 3.05) is 11.9 Å². The van der Waals surface area contributed by atoms with Gasteiger partial charge in [0.2, 0.25) is 0 Å². The first-order valence-electron chi connectivity index (χ1n) is 7.25. The molecule has 1 saturated carbocycles. The molecule has 2 nitrogen and oxygen atoms in total. The maximum Gasteiger partial charge on any atom is 0.0446 e. The summed E-state index contributed by atoms with van der Waals surface area (Å²) in [6.45, 7) is 0.605. The lowest BCUT2D eigenvalue weighted by atomic mass is 10.0. The van der Waals surface area contributed by atoms with Crippen LogP contribution >= 0.6 is 0 Å². The van der Waals surface area contributed by atoms with Crippen molar-refractivity contribution in [1.29, 1.82) is 0 Å². The predicted molar refractivity (Wildman–Crippen MR) is 82.5 cm³/mol. The van der Waals surface area contributed by atoms with Gasteiger partial charge in [-0.3, -0.25) is 0 Å². The van der Waals surface area contributed by atoms with Crippen LogP contribution in [0.15, 0.2) is 36.4 Å². The van der Waals surface area contributed by atoms with Crippen molar-refractivity contribution in [2.24, 2.45) is 5.73 Å². The summed E-state index contributed by atoms with van der Waals surface area (Å²) in [4.78, 5) is 2.47. The van der Waals surface area contributed by atoms with Crippen LogP contribution < -0.4 is 10.6 Å². The van der Waals surface area contributed by atoms with Crippen LogP contribution in [0, 0.1) is 0 Å². The molecule has 2 N–H and O–H groups in total. The Balaban J connectivity index is 2.08. The van der Waals surface area contributed by atoms with E-state index in [0.717, 1.165) is 0 Å². The van der Waals surface area contributed by atoms with E-state index in [1.165, 1.54) is 47.7 Å². The Morgan fingerprint density at radius 3 is 2.42 bits per heavy atom. The number of anilines is 1. The largest absolute Gasteiger partial charge is 0.371 e. The molecule has 0 unspecified atom stereocenters. The lowest BCUT2D eigenvalue weighted by molar-refractivity contribution is 0.655. The van der Waals surface area contributed by atoms with Crippen LogP contribution in [0.3, 0.4) is 0 Å². The first kappa shape index (κ1) is 12.5. The molecule has 1 aliphatic carbocycles. The zero-order valence-electron chi connectivity index (χ0n) is 11.6. The van der Waals surface area contributed by atoms with Gasteiger partial charge in [0.15, 0.2) is 0 Å². The molecule has 0 aliphatic heterocycles. The molecule has 1 fully saturated rings. The van der Waals surface area contributed by atoms with Crippen molar-refractivity contribution in [3.05, 3.63) is 42.0 Å². The monoisotopic (exact) mass is 254 g/mol. The van der Waals surface area contributed by atoms with E-state index in [0.29, 0.717) is 12.6 Å². The smallest absolute Gasteiger partial charge is 0.0446 e. The van der Waals surface area contributed by atoms with Gasteiger partial charge in [0.05, 0.1) is 0 Å². The zero-order valence-corrected chi connectivity index (χ0v) is 11.6. The lowest BCUT2D eigenvalue weighted by Crippen LogP contribution is -2.28. The van der Waals surface area contributed by atoms with Crippen molar-refractivity contribution in [3.8, 4) is 0 Å². The molecule has 2 aromatic rings. The Kier molecular flexibility index (Phi) is 3.43. The van der Waals surface area contributed by atoms with Crippen LogP contribution in [0.5, 0.6) is 0 Å². The fourth-order valence-electron chi connectivity index (χ4n) is 3.32. The number of nitrogens with zero attached hydrogens (tertiary/aromatic N) is 1. The van der Waals surface area contributed by atoms with Gasteiger partial charge in [0.25, 0.3) is 0 Å². The lowest BCUT2D eigenvalue weighted by Gasteiger charge is -2.28. The summed E-state index contributed by atoms with van der Waals surface area (Å²) in [5.41, 5.74) is 8.43. The molecular formula is C17H22N2. The number of hydrogen-bond donors (Lipinski definition) is 1. The highest BCUT2D eigenvalue weighted by molar-refractivity contribution is 5.96. The normalized spacial score (nSPS) is 16.1. The van der Waals surface area contributed by atoms with Gasteiger partial charge in [0, 0.05) is 30.7 Å². The van der Waals surface area contributed by atoms with Gasteiger partial charge in [0.1, 0.15) is 0 Å². The van der Waals surface area contributed by atoms with E-state index in [4.69, 9.17) is 5.73 Å². The van der Waals surface area contributed by atoms with Gasteiger partial charge in [-0.25, -0.2) is 0 Å². The van der Waals surface area contributed by atoms with E-state index < -0.39 is 0 Å². The van der Waals surface area contributed by atoms with E-state index >= 15 is 0 Å². The number of nitrogens with two attached hydrogens (primary N) is 1. The Bertz CT molecular complexity index is 570. The summed E-state index contributed by atoms with van der Waals surface area (Å²) < 4.78 is 0. The fraction of sp³-hybridized carbons (Fsp3) is 0.412. The van der Waals surface area contributed by atoms with Gasteiger partial charge in [-0.2, -0.15) is 0 Å². The SMILES string of the molecule is CN(c1ccc(CN)c2ccccc12)C1CCCC1. The molecule has 0 heterocycles. The van der Waals surface area contributed by atoms with E-state index in [2.05, 4.69) is 48.3 Å². The molecule has 3 rings (SSSR count). The minimum absolute atomic E-state index is 0.605. The van der Waals surface area contributed by atoms with Crippen molar-refractivity contribution in [2.45, 2.75) is 38.3 Å². The molecule has 1 aliphatic rings.